The van der Waals surface area contributed by atoms with Crippen LogP contribution in [-0.4, -0.2) is 39.9 Å². The zero-order chi connectivity index (χ0) is 21.2. The molecule has 2 heterocycles. The molecule has 1 amide bonds. The van der Waals surface area contributed by atoms with E-state index >= 15 is 0 Å². The Kier molecular flexibility index (Phi) is 6.26. The Balaban J connectivity index is 1.89. The minimum Gasteiger partial charge on any atom is -0.329 e. The Bertz CT molecular complexity index is 992. The van der Waals surface area contributed by atoms with E-state index < -0.39 is 18.6 Å². The van der Waals surface area contributed by atoms with Crippen LogP contribution in [0.4, 0.5) is 17.6 Å². The summed E-state index contributed by atoms with van der Waals surface area (Å²) in [5, 5.41) is 5.19. The van der Waals surface area contributed by atoms with Crippen molar-refractivity contribution < 1.29 is 22.4 Å². The molecule has 0 unspecified atom stereocenters. The largest absolute Gasteiger partial charge is 0.406 e. The average Bonchev–Trinajstić information content (AvgIpc) is 3.20. The summed E-state index contributed by atoms with van der Waals surface area (Å²) in [6, 6.07) is 7.62. The highest BCUT2D eigenvalue weighted by molar-refractivity contribution is 7.20. The first-order valence-electron chi connectivity index (χ1n) is 9.25. The van der Waals surface area contributed by atoms with E-state index in [0.717, 1.165) is 27.2 Å². The third kappa shape index (κ3) is 5.14. The number of carbonyl (C=O) groups is 1. The van der Waals surface area contributed by atoms with Gasteiger partial charge in [0.25, 0.3) is 5.91 Å². The molecule has 3 rings (SSSR count). The predicted octanol–water partition coefficient (Wildman–Crippen LogP) is 5.40. The third-order valence-electron chi connectivity index (χ3n) is 4.50. The Labute approximate surface area is 169 Å². The standard InChI is InChI=1S/C20H21F4N3OS/c1-3-4-9-26(12-20(22,23)24)18(28)17-10-16-13(2)25-27(19(16)29-17)11-14-5-7-15(21)8-6-14/h5-8,10H,3-4,9,11-12H2,1-2H3. The zero-order valence-electron chi connectivity index (χ0n) is 16.1. The van der Waals surface area contributed by atoms with E-state index in [4.69, 9.17) is 0 Å². The summed E-state index contributed by atoms with van der Waals surface area (Å²) in [4.78, 5) is 14.6. The van der Waals surface area contributed by atoms with Gasteiger partial charge in [-0.1, -0.05) is 25.5 Å². The Morgan fingerprint density at radius 1 is 1.24 bits per heavy atom. The van der Waals surface area contributed by atoms with E-state index in [9.17, 15) is 22.4 Å². The van der Waals surface area contributed by atoms with Crippen LogP contribution in [0, 0.1) is 12.7 Å². The number of thiophene rings is 1. The third-order valence-corrected chi connectivity index (χ3v) is 5.64. The molecule has 1 aromatic carbocycles. The number of amides is 1. The van der Waals surface area contributed by atoms with Crippen LogP contribution >= 0.6 is 11.3 Å². The number of halogens is 4. The maximum Gasteiger partial charge on any atom is 0.406 e. The molecule has 0 spiro atoms. The van der Waals surface area contributed by atoms with E-state index in [1.54, 1.807) is 29.8 Å². The number of carbonyl (C=O) groups excluding carboxylic acids is 1. The van der Waals surface area contributed by atoms with Gasteiger partial charge in [0.15, 0.2) is 0 Å². The minimum atomic E-state index is -4.45. The van der Waals surface area contributed by atoms with Crippen LogP contribution in [-0.2, 0) is 6.54 Å². The molecular formula is C20H21F4N3OS. The van der Waals surface area contributed by atoms with E-state index in [-0.39, 0.29) is 17.2 Å². The second-order valence-electron chi connectivity index (χ2n) is 6.89. The van der Waals surface area contributed by atoms with Crippen molar-refractivity contribution in [1.29, 1.82) is 0 Å². The molecule has 0 bridgehead atoms. The van der Waals surface area contributed by atoms with Gasteiger partial charge >= 0.3 is 6.18 Å². The summed E-state index contributed by atoms with van der Waals surface area (Å²) in [6.45, 7) is 2.82. The number of fused-ring (bicyclic) bond motifs is 1. The van der Waals surface area contributed by atoms with Gasteiger partial charge in [0, 0.05) is 11.9 Å². The number of aryl methyl sites for hydroxylation is 1. The second kappa shape index (κ2) is 8.52. The number of nitrogens with zero attached hydrogens (tertiary/aromatic N) is 3. The molecule has 0 aliphatic rings. The number of rotatable bonds is 7. The molecule has 4 nitrogen and oxygen atoms in total. The fraction of sp³-hybridized carbons (Fsp3) is 0.400. The molecule has 0 radical (unpaired) electrons. The van der Waals surface area contributed by atoms with Crippen molar-refractivity contribution in [3.63, 3.8) is 0 Å². The summed E-state index contributed by atoms with van der Waals surface area (Å²) >= 11 is 1.13. The van der Waals surface area contributed by atoms with Crippen molar-refractivity contribution in [1.82, 2.24) is 14.7 Å². The van der Waals surface area contributed by atoms with Crippen molar-refractivity contribution in [3.05, 3.63) is 52.3 Å². The molecule has 0 aliphatic carbocycles. The van der Waals surface area contributed by atoms with Crippen molar-refractivity contribution >= 4 is 27.5 Å². The molecule has 0 N–H and O–H groups in total. The van der Waals surface area contributed by atoms with Crippen LogP contribution in [0.15, 0.2) is 30.3 Å². The molecule has 0 saturated heterocycles. The van der Waals surface area contributed by atoms with Crippen LogP contribution in [0.3, 0.4) is 0 Å². The topological polar surface area (TPSA) is 38.1 Å². The summed E-state index contributed by atoms with van der Waals surface area (Å²) in [7, 11) is 0. The van der Waals surface area contributed by atoms with E-state index in [0.29, 0.717) is 29.9 Å². The van der Waals surface area contributed by atoms with E-state index in [1.165, 1.54) is 12.1 Å². The van der Waals surface area contributed by atoms with Crippen LogP contribution in [0.25, 0.3) is 10.2 Å². The van der Waals surface area contributed by atoms with Gasteiger partial charge in [0.05, 0.1) is 17.1 Å². The van der Waals surface area contributed by atoms with Crippen LogP contribution in [0.2, 0.25) is 0 Å². The first-order chi connectivity index (χ1) is 13.7. The molecule has 0 atom stereocenters. The lowest BCUT2D eigenvalue weighted by Gasteiger charge is -2.23. The zero-order valence-corrected chi connectivity index (χ0v) is 16.9. The molecular weight excluding hydrogens is 406 g/mol. The SMILES string of the molecule is CCCCN(CC(F)(F)F)C(=O)c1cc2c(C)nn(Cc3ccc(F)cc3)c2s1. The van der Waals surface area contributed by atoms with Crippen molar-refractivity contribution in [3.8, 4) is 0 Å². The lowest BCUT2D eigenvalue weighted by atomic mass is 10.2. The van der Waals surface area contributed by atoms with E-state index in [1.807, 2.05) is 6.92 Å². The van der Waals surface area contributed by atoms with Crippen LogP contribution in [0.1, 0.15) is 40.7 Å². The smallest absolute Gasteiger partial charge is 0.329 e. The monoisotopic (exact) mass is 427 g/mol. The van der Waals surface area contributed by atoms with Crippen molar-refractivity contribution in [2.24, 2.45) is 0 Å². The minimum absolute atomic E-state index is 0.0593. The summed E-state index contributed by atoms with van der Waals surface area (Å²) in [5.41, 5.74) is 1.52. The Hall–Kier alpha value is -2.42. The maximum absolute atomic E-state index is 13.1. The van der Waals surface area contributed by atoms with Crippen LogP contribution in [0.5, 0.6) is 0 Å². The summed E-state index contributed by atoms with van der Waals surface area (Å²) in [5.74, 6) is -0.957. The first-order valence-corrected chi connectivity index (χ1v) is 10.1. The van der Waals surface area contributed by atoms with Gasteiger partial charge in [-0.25, -0.2) is 4.39 Å². The highest BCUT2D eigenvalue weighted by Crippen LogP contribution is 2.30. The Morgan fingerprint density at radius 2 is 1.93 bits per heavy atom. The normalized spacial score (nSPS) is 11.9. The molecule has 2 aromatic heterocycles. The molecule has 9 heteroatoms. The number of alkyl halides is 3. The molecule has 0 fully saturated rings. The van der Waals surface area contributed by atoms with Gasteiger partial charge in [-0.15, -0.1) is 11.3 Å². The first kappa shape index (κ1) is 21.3. The summed E-state index contributed by atoms with van der Waals surface area (Å²) < 4.78 is 53.6. The molecule has 3 aromatic rings. The highest BCUT2D eigenvalue weighted by atomic mass is 32.1. The fourth-order valence-electron chi connectivity index (χ4n) is 3.06. The molecule has 0 aliphatic heterocycles. The van der Waals surface area contributed by atoms with Gasteiger partial charge in [-0.05, 0) is 37.1 Å². The second-order valence-corrected chi connectivity index (χ2v) is 7.93. The maximum atomic E-state index is 13.1. The quantitative estimate of drug-likeness (QED) is 0.474. The van der Waals surface area contributed by atoms with Gasteiger partial charge in [-0.3, -0.25) is 9.48 Å². The van der Waals surface area contributed by atoms with Gasteiger partial charge in [0.2, 0.25) is 0 Å². The lowest BCUT2D eigenvalue weighted by Crippen LogP contribution is -2.39. The number of aromatic nitrogens is 2. The molecule has 0 saturated carbocycles. The lowest BCUT2D eigenvalue weighted by molar-refractivity contribution is -0.140. The van der Waals surface area contributed by atoms with Gasteiger partial charge in [0.1, 0.15) is 17.2 Å². The predicted molar refractivity (Wildman–Crippen MR) is 105 cm³/mol. The van der Waals surface area contributed by atoms with Crippen molar-refractivity contribution in [2.45, 2.75) is 39.4 Å². The highest BCUT2D eigenvalue weighted by Gasteiger charge is 2.33. The fourth-order valence-corrected chi connectivity index (χ4v) is 4.19. The molecule has 156 valence electrons. The van der Waals surface area contributed by atoms with Gasteiger partial charge < -0.3 is 4.90 Å². The number of benzene rings is 1. The Morgan fingerprint density at radius 3 is 2.55 bits per heavy atom. The summed E-state index contributed by atoms with van der Waals surface area (Å²) in [6.07, 6.45) is -3.25. The van der Waals surface area contributed by atoms with E-state index in [2.05, 4.69) is 5.10 Å². The van der Waals surface area contributed by atoms with Crippen LogP contribution < -0.4 is 0 Å². The van der Waals surface area contributed by atoms with Gasteiger partial charge in [-0.2, -0.15) is 18.3 Å². The molecule has 29 heavy (non-hydrogen) atoms. The number of hydrogen-bond acceptors (Lipinski definition) is 3. The number of unbranched alkanes of at least 4 members (excludes halogenated alkanes) is 1. The number of hydrogen-bond donors (Lipinski definition) is 0. The van der Waals surface area contributed by atoms with Crippen molar-refractivity contribution in [2.75, 3.05) is 13.1 Å². The average molecular weight is 427 g/mol.